The SMILES string of the molecule is CCc1nccc(N2CCCC2)n1. The van der Waals surface area contributed by atoms with Gasteiger partial charge in [-0.05, 0) is 18.9 Å². The summed E-state index contributed by atoms with van der Waals surface area (Å²) in [5.74, 6) is 2.05. The van der Waals surface area contributed by atoms with Crippen LogP contribution < -0.4 is 4.90 Å². The Balaban J connectivity index is 2.18. The molecule has 0 aliphatic carbocycles. The predicted octanol–water partition coefficient (Wildman–Crippen LogP) is 1.64. The first-order valence-electron chi connectivity index (χ1n) is 4.97. The standard InChI is InChI=1S/C10H15N3/c1-2-9-11-6-5-10(12-9)13-7-3-4-8-13/h5-6H,2-4,7-8H2,1H3. The molecule has 3 heteroatoms. The maximum Gasteiger partial charge on any atom is 0.132 e. The van der Waals surface area contributed by atoms with Gasteiger partial charge in [0.1, 0.15) is 11.6 Å². The second kappa shape index (κ2) is 3.73. The van der Waals surface area contributed by atoms with Crippen LogP contribution >= 0.6 is 0 Å². The molecule has 0 unspecified atom stereocenters. The van der Waals surface area contributed by atoms with Crippen LogP contribution in [0.3, 0.4) is 0 Å². The van der Waals surface area contributed by atoms with Crippen molar-refractivity contribution < 1.29 is 0 Å². The zero-order chi connectivity index (χ0) is 9.10. The molecule has 1 aromatic rings. The Hall–Kier alpha value is -1.12. The fourth-order valence-electron chi connectivity index (χ4n) is 1.68. The molecule has 0 amide bonds. The minimum absolute atomic E-state index is 0.918. The first-order valence-corrected chi connectivity index (χ1v) is 4.97. The third-order valence-corrected chi connectivity index (χ3v) is 2.44. The van der Waals surface area contributed by atoms with Gasteiger partial charge in [0.05, 0.1) is 0 Å². The van der Waals surface area contributed by atoms with Crippen molar-refractivity contribution in [2.24, 2.45) is 0 Å². The Morgan fingerprint density at radius 3 is 2.85 bits per heavy atom. The Kier molecular flexibility index (Phi) is 2.43. The minimum Gasteiger partial charge on any atom is -0.357 e. The van der Waals surface area contributed by atoms with E-state index in [1.807, 2.05) is 12.3 Å². The van der Waals surface area contributed by atoms with Crippen LogP contribution in [0.5, 0.6) is 0 Å². The summed E-state index contributed by atoms with van der Waals surface area (Å²) < 4.78 is 0. The number of aryl methyl sites for hydroxylation is 1. The molecule has 2 heterocycles. The molecule has 1 aliphatic rings. The van der Waals surface area contributed by atoms with Crippen LogP contribution in [0.1, 0.15) is 25.6 Å². The van der Waals surface area contributed by atoms with Gasteiger partial charge in [0.25, 0.3) is 0 Å². The number of nitrogens with zero attached hydrogens (tertiary/aromatic N) is 3. The number of anilines is 1. The number of aromatic nitrogens is 2. The van der Waals surface area contributed by atoms with Crippen LogP contribution in [0.15, 0.2) is 12.3 Å². The van der Waals surface area contributed by atoms with Crippen molar-refractivity contribution in [3.05, 3.63) is 18.1 Å². The Labute approximate surface area is 78.8 Å². The molecule has 13 heavy (non-hydrogen) atoms. The average Bonchev–Trinajstić information content (AvgIpc) is 2.71. The Morgan fingerprint density at radius 2 is 2.15 bits per heavy atom. The van der Waals surface area contributed by atoms with Gasteiger partial charge in [0.2, 0.25) is 0 Å². The highest BCUT2D eigenvalue weighted by atomic mass is 15.2. The van der Waals surface area contributed by atoms with E-state index >= 15 is 0 Å². The average molecular weight is 177 g/mol. The van der Waals surface area contributed by atoms with Gasteiger partial charge in [-0.2, -0.15) is 0 Å². The van der Waals surface area contributed by atoms with Crippen molar-refractivity contribution >= 4 is 5.82 Å². The molecule has 1 saturated heterocycles. The molecule has 0 N–H and O–H groups in total. The molecule has 0 atom stereocenters. The summed E-state index contributed by atoms with van der Waals surface area (Å²) in [4.78, 5) is 11.0. The van der Waals surface area contributed by atoms with Gasteiger partial charge in [-0.3, -0.25) is 0 Å². The topological polar surface area (TPSA) is 29.0 Å². The molecule has 0 spiro atoms. The van der Waals surface area contributed by atoms with Crippen LogP contribution in [0.4, 0.5) is 5.82 Å². The van der Waals surface area contributed by atoms with Crippen molar-refractivity contribution in [2.45, 2.75) is 26.2 Å². The summed E-state index contributed by atoms with van der Waals surface area (Å²) in [6.07, 6.45) is 5.37. The molecule has 1 fully saturated rings. The van der Waals surface area contributed by atoms with E-state index in [9.17, 15) is 0 Å². The highest BCUT2D eigenvalue weighted by Gasteiger charge is 2.13. The number of hydrogen-bond donors (Lipinski definition) is 0. The maximum absolute atomic E-state index is 4.49. The zero-order valence-corrected chi connectivity index (χ0v) is 8.03. The lowest BCUT2D eigenvalue weighted by Crippen LogP contribution is -2.19. The molecular weight excluding hydrogens is 162 g/mol. The van der Waals surface area contributed by atoms with Crippen molar-refractivity contribution in [3.63, 3.8) is 0 Å². The van der Waals surface area contributed by atoms with E-state index in [0.29, 0.717) is 0 Å². The largest absolute Gasteiger partial charge is 0.357 e. The van der Waals surface area contributed by atoms with Crippen LogP contribution in [-0.4, -0.2) is 23.1 Å². The van der Waals surface area contributed by atoms with E-state index in [0.717, 1.165) is 31.2 Å². The Morgan fingerprint density at radius 1 is 1.38 bits per heavy atom. The molecule has 0 bridgehead atoms. The minimum atomic E-state index is 0.918. The molecule has 1 aliphatic heterocycles. The second-order valence-corrected chi connectivity index (χ2v) is 3.38. The summed E-state index contributed by atoms with van der Waals surface area (Å²) in [6.45, 7) is 4.39. The summed E-state index contributed by atoms with van der Waals surface area (Å²) in [7, 11) is 0. The van der Waals surface area contributed by atoms with Crippen LogP contribution in [-0.2, 0) is 6.42 Å². The molecule has 0 saturated carbocycles. The van der Waals surface area contributed by atoms with Gasteiger partial charge in [-0.15, -0.1) is 0 Å². The summed E-state index contributed by atoms with van der Waals surface area (Å²) in [6, 6.07) is 2.00. The Bertz CT molecular complexity index is 279. The van der Waals surface area contributed by atoms with Crippen LogP contribution in [0.25, 0.3) is 0 Å². The highest BCUT2D eigenvalue weighted by molar-refractivity contribution is 5.38. The van der Waals surface area contributed by atoms with Gasteiger partial charge in [0.15, 0.2) is 0 Å². The summed E-state index contributed by atoms with van der Waals surface area (Å²) >= 11 is 0. The lowest BCUT2D eigenvalue weighted by atomic mass is 10.4. The van der Waals surface area contributed by atoms with E-state index in [-0.39, 0.29) is 0 Å². The maximum atomic E-state index is 4.49. The lowest BCUT2D eigenvalue weighted by Gasteiger charge is -2.15. The van der Waals surface area contributed by atoms with Gasteiger partial charge in [-0.1, -0.05) is 6.92 Å². The van der Waals surface area contributed by atoms with E-state index in [2.05, 4.69) is 21.8 Å². The quantitative estimate of drug-likeness (QED) is 0.687. The van der Waals surface area contributed by atoms with E-state index in [1.165, 1.54) is 12.8 Å². The smallest absolute Gasteiger partial charge is 0.132 e. The first kappa shape index (κ1) is 8.48. The number of rotatable bonds is 2. The molecule has 0 aromatic carbocycles. The second-order valence-electron chi connectivity index (χ2n) is 3.38. The van der Waals surface area contributed by atoms with Gasteiger partial charge >= 0.3 is 0 Å². The molecule has 0 radical (unpaired) electrons. The fraction of sp³-hybridized carbons (Fsp3) is 0.600. The van der Waals surface area contributed by atoms with E-state index in [1.54, 1.807) is 0 Å². The highest BCUT2D eigenvalue weighted by Crippen LogP contribution is 2.16. The van der Waals surface area contributed by atoms with Crippen LogP contribution in [0.2, 0.25) is 0 Å². The zero-order valence-electron chi connectivity index (χ0n) is 8.03. The van der Waals surface area contributed by atoms with Crippen molar-refractivity contribution in [1.29, 1.82) is 0 Å². The first-order chi connectivity index (χ1) is 6.40. The normalized spacial score (nSPS) is 16.5. The van der Waals surface area contributed by atoms with Crippen LogP contribution in [0, 0.1) is 0 Å². The predicted molar refractivity (Wildman–Crippen MR) is 52.9 cm³/mol. The third-order valence-electron chi connectivity index (χ3n) is 2.44. The summed E-state index contributed by atoms with van der Waals surface area (Å²) in [5.41, 5.74) is 0. The monoisotopic (exact) mass is 177 g/mol. The van der Waals surface area contributed by atoms with Gasteiger partial charge in [-0.25, -0.2) is 9.97 Å². The van der Waals surface area contributed by atoms with E-state index < -0.39 is 0 Å². The molecule has 70 valence electrons. The van der Waals surface area contributed by atoms with E-state index in [4.69, 9.17) is 0 Å². The van der Waals surface area contributed by atoms with Gasteiger partial charge in [0, 0.05) is 25.7 Å². The van der Waals surface area contributed by atoms with Crippen molar-refractivity contribution in [2.75, 3.05) is 18.0 Å². The summed E-state index contributed by atoms with van der Waals surface area (Å²) in [5, 5.41) is 0. The third kappa shape index (κ3) is 1.79. The molecule has 3 nitrogen and oxygen atoms in total. The molecular formula is C10H15N3. The van der Waals surface area contributed by atoms with Crippen molar-refractivity contribution in [1.82, 2.24) is 9.97 Å². The lowest BCUT2D eigenvalue weighted by molar-refractivity contribution is 0.878. The molecule has 1 aromatic heterocycles. The molecule has 2 rings (SSSR count). The van der Waals surface area contributed by atoms with Crippen molar-refractivity contribution in [3.8, 4) is 0 Å². The van der Waals surface area contributed by atoms with Gasteiger partial charge < -0.3 is 4.90 Å². The fourth-order valence-corrected chi connectivity index (χ4v) is 1.68. The number of hydrogen-bond acceptors (Lipinski definition) is 3.